The molecule has 1 aromatic carbocycles. The van der Waals surface area contributed by atoms with Crippen molar-refractivity contribution in [3.8, 4) is 0 Å². The summed E-state index contributed by atoms with van der Waals surface area (Å²) in [7, 11) is 0. The van der Waals surface area contributed by atoms with Crippen molar-refractivity contribution in [1.82, 2.24) is 0 Å². The molecule has 0 aromatic heterocycles. The predicted molar refractivity (Wildman–Crippen MR) is 59.0 cm³/mol. The molecule has 0 amide bonds. The third-order valence-electron chi connectivity index (χ3n) is 2.33. The molecule has 2 heteroatoms. The fourth-order valence-corrected chi connectivity index (χ4v) is 3.64. The summed E-state index contributed by atoms with van der Waals surface area (Å²) in [5, 5.41) is 0. The molecule has 1 aliphatic heterocycles. The molecule has 0 bridgehead atoms. The Labute approximate surface area is 90.4 Å². The van der Waals surface area contributed by atoms with Crippen molar-refractivity contribution in [3.63, 3.8) is 0 Å². The van der Waals surface area contributed by atoms with E-state index in [-0.39, 0.29) is 5.78 Å². The Bertz CT molecular complexity index is 382. The summed E-state index contributed by atoms with van der Waals surface area (Å²) in [5.41, 5.74) is 1.35. The number of benzene rings is 1. The Morgan fingerprint density at radius 3 is 3.00 bits per heavy atom. The van der Waals surface area contributed by atoms with E-state index in [4.69, 9.17) is 0 Å². The summed E-state index contributed by atoms with van der Waals surface area (Å²) in [5.74, 6) is 0.586. The molecule has 0 fully saturated rings. The van der Waals surface area contributed by atoms with E-state index in [9.17, 15) is 4.79 Å². The van der Waals surface area contributed by atoms with Crippen LogP contribution in [0, 0.1) is 0 Å². The van der Waals surface area contributed by atoms with Crippen molar-refractivity contribution in [3.05, 3.63) is 40.9 Å². The first-order chi connectivity index (χ1) is 6.77. The van der Waals surface area contributed by atoms with Crippen molar-refractivity contribution >= 4 is 25.2 Å². The normalized spacial score (nSPS) is 19.1. The molecular formula is C12H12OSe. The van der Waals surface area contributed by atoms with Gasteiger partial charge in [0.15, 0.2) is 0 Å². The minimum atomic E-state index is 0.267. The second-order valence-corrected chi connectivity index (χ2v) is 5.49. The molecule has 1 atom stereocenters. The molecule has 14 heavy (non-hydrogen) atoms. The summed E-state index contributed by atoms with van der Waals surface area (Å²) in [6, 6.07) is 8.45. The SMILES string of the molecule is CC(=O)CC1C=C[Se]c2ccccc21. The number of carbonyl (C=O) groups excluding carboxylic acids is 1. The van der Waals surface area contributed by atoms with Crippen molar-refractivity contribution in [1.29, 1.82) is 0 Å². The van der Waals surface area contributed by atoms with E-state index >= 15 is 0 Å². The molecule has 1 heterocycles. The Kier molecular flexibility index (Phi) is 2.85. The number of fused-ring (bicyclic) bond motifs is 1. The molecule has 72 valence electrons. The van der Waals surface area contributed by atoms with E-state index < -0.39 is 0 Å². The van der Waals surface area contributed by atoms with Gasteiger partial charge in [-0.15, -0.1) is 0 Å². The number of ketones is 1. The number of hydrogen-bond donors (Lipinski definition) is 0. The van der Waals surface area contributed by atoms with Gasteiger partial charge in [0.05, 0.1) is 0 Å². The van der Waals surface area contributed by atoms with E-state index in [1.54, 1.807) is 6.92 Å². The van der Waals surface area contributed by atoms with Crippen LogP contribution in [0.25, 0.3) is 0 Å². The maximum atomic E-state index is 11.1. The van der Waals surface area contributed by atoms with Gasteiger partial charge in [-0.25, -0.2) is 0 Å². The molecular weight excluding hydrogens is 239 g/mol. The van der Waals surface area contributed by atoms with Crippen LogP contribution >= 0.6 is 0 Å². The number of hydrogen-bond acceptors (Lipinski definition) is 1. The second-order valence-electron chi connectivity index (χ2n) is 3.50. The van der Waals surface area contributed by atoms with Crippen LogP contribution < -0.4 is 4.46 Å². The number of rotatable bonds is 2. The van der Waals surface area contributed by atoms with Crippen LogP contribution in [-0.4, -0.2) is 20.7 Å². The molecule has 1 aromatic rings. The maximum absolute atomic E-state index is 11.1. The van der Waals surface area contributed by atoms with Crippen LogP contribution in [0.2, 0.25) is 0 Å². The molecule has 2 rings (SSSR count). The van der Waals surface area contributed by atoms with Crippen molar-refractivity contribution < 1.29 is 4.79 Å². The Balaban J connectivity index is 2.31. The van der Waals surface area contributed by atoms with Crippen LogP contribution in [0.5, 0.6) is 0 Å². The third kappa shape index (κ3) is 1.97. The fourth-order valence-electron chi connectivity index (χ4n) is 1.69. The Morgan fingerprint density at radius 1 is 1.43 bits per heavy atom. The Morgan fingerprint density at radius 2 is 2.21 bits per heavy atom. The molecule has 1 nitrogen and oxygen atoms in total. The van der Waals surface area contributed by atoms with Gasteiger partial charge in [-0.1, -0.05) is 0 Å². The fraction of sp³-hybridized carbons (Fsp3) is 0.250. The summed E-state index contributed by atoms with van der Waals surface area (Å²) < 4.78 is 1.42. The van der Waals surface area contributed by atoms with Crippen LogP contribution in [-0.2, 0) is 4.79 Å². The first-order valence-electron chi connectivity index (χ1n) is 4.69. The van der Waals surface area contributed by atoms with Gasteiger partial charge in [0.2, 0.25) is 0 Å². The second kappa shape index (κ2) is 4.12. The third-order valence-corrected chi connectivity index (χ3v) is 4.26. The quantitative estimate of drug-likeness (QED) is 0.730. The van der Waals surface area contributed by atoms with E-state index in [1.807, 2.05) is 0 Å². The topological polar surface area (TPSA) is 17.1 Å². The van der Waals surface area contributed by atoms with Gasteiger partial charge in [0, 0.05) is 0 Å². The van der Waals surface area contributed by atoms with Crippen LogP contribution in [0.1, 0.15) is 24.8 Å². The van der Waals surface area contributed by atoms with Gasteiger partial charge in [-0.05, 0) is 0 Å². The monoisotopic (exact) mass is 252 g/mol. The zero-order valence-corrected chi connectivity index (χ0v) is 9.78. The van der Waals surface area contributed by atoms with E-state index in [2.05, 4.69) is 35.3 Å². The summed E-state index contributed by atoms with van der Waals surface area (Å²) in [6.07, 6.45) is 2.83. The van der Waals surface area contributed by atoms with E-state index in [0.29, 0.717) is 27.3 Å². The molecule has 1 aliphatic rings. The predicted octanol–water partition coefficient (Wildman–Crippen LogP) is 1.61. The van der Waals surface area contributed by atoms with Crippen molar-refractivity contribution in [2.75, 3.05) is 0 Å². The van der Waals surface area contributed by atoms with Crippen LogP contribution in [0.3, 0.4) is 0 Å². The van der Waals surface area contributed by atoms with Gasteiger partial charge >= 0.3 is 90.1 Å². The molecule has 0 saturated carbocycles. The molecule has 0 N–H and O–H groups in total. The first kappa shape index (κ1) is 9.69. The molecule has 0 aliphatic carbocycles. The number of allylic oxidation sites excluding steroid dienone is 1. The summed E-state index contributed by atoms with van der Waals surface area (Å²) in [6.45, 7) is 1.66. The van der Waals surface area contributed by atoms with Crippen LogP contribution in [0.15, 0.2) is 35.3 Å². The molecule has 0 radical (unpaired) electrons. The van der Waals surface area contributed by atoms with Gasteiger partial charge in [0.25, 0.3) is 0 Å². The number of Topliss-reactive ketones (excluding diaryl/α,β-unsaturated/α-hetero) is 1. The molecule has 0 saturated heterocycles. The standard InChI is InChI=1S/C12H12OSe/c1-9(13)8-10-6-7-14-12-5-3-2-4-11(10)12/h2-7,10H,8H2,1H3. The van der Waals surface area contributed by atoms with E-state index in [0.717, 1.165) is 0 Å². The molecule has 1 unspecified atom stereocenters. The minimum absolute atomic E-state index is 0.267. The van der Waals surface area contributed by atoms with Gasteiger partial charge < -0.3 is 0 Å². The number of carbonyl (C=O) groups is 1. The van der Waals surface area contributed by atoms with Gasteiger partial charge in [-0.2, -0.15) is 0 Å². The van der Waals surface area contributed by atoms with Crippen molar-refractivity contribution in [2.24, 2.45) is 0 Å². The summed E-state index contributed by atoms with van der Waals surface area (Å²) in [4.78, 5) is 13.3. The Hall–Kier alpha value is -0.851. The van der Waals surface area contributed by atoms with Gasteiger partial charge in [-0.3, -0.25) is 0 Å². The van der Waals surface area contributed by atoms with E-state index in [1.165, 1.54) is 10.0 Å². The average molecular weight is 251 g/mol. The zero-order valence-electron chi connectivity index (χ0n) is 8.07. The summed E-state index contributed by atoms with van der Waals surface area (Å²) >= 11 is 0.462. The van der Waals surface area contributed by atoms with Gasteiger partial charge in [0.1, 0.15) is 0 Å². The molecule has 0 spiro atoms. The first-order valence-corrected chi connectivity index (χ1v) is 6.53. The van der Waals surface area contributed by atoms with Crippen LogP contribution in [0.4, 0.5) is 0 Å². The zero-order chi connectivity index (χ0) is 9.97. The average Bonchev–Trinajstić information content (AvgIpc) is 2.18. The van der Waals surface area contributed by atoms with Crippen molar-refractivity contribution in [2.45, 2.75) is 19.3 Å².